The second-order valence-electron chi connectivity index (χ2n) is 6.33. The summed E-state index contributed by atoms with van der Waals surface area (Å²) in [5.41, 5.74) is 1.59. The van der Waals surface area contributed by atoms with E-state index in [1.54, 1.807) is 5.57 Å². The van der Waals surface area contributed by atoms with Crippen LogP contribution in [0, 0.1) is 29.6 Å². The summed E-state index contributed by atoms with van der Waals surface area (Å²) in [7, 11) is 0. The minimum Gasteiger partial charge on any atom is -0.350 e. The smallest absolute Gasteiger partial charge is 0.161 e. The lowest BCUT2D eigenvalue weighted by Gasteiger charge is -2.48. The Morgan fingerprint density at radius 2 is 1.88 bits per heavy atom. The molecule has 3 aliphatic carbocycles. The van der Waals surface area contributed by atoms with Gasteiger partial charge in [-0.05, 0) is 43.4 Å². The third-order valence-electron chi connectivity index (χ3n) is 5.05. The Morgan fingerprint density at radius 1 is 1.18 bits per heavy atom. The van der Waals surface area contributed by atoms with Crippen LogP contribution in [-0.4, -0.2) is 19.5 Å². The molecule has 2 nitrogen and oxygen atoms in total. The molecule has 0 spiro atoms. The van der Waals surface area contributed by atoms with E-state index in [1.165, 1.54) is 12.8 Å². The van der Waals surface area contributed by atoms with Gasteiger partial charge in [0.15, 0.2) is 6.29 Å². The molecule has 0 aromatic carbocycles. The maximum atomic E-state index is 5.74. The van der Waals surface area contributed by atoms with Crippen LogP contribution in [0.3, 0.4) is 0 Å². The van der Waals surface area contributed by atoms with Crippen molar-refractivity contribution >= 4 is 0 Å². The summed E-state index contributed by atoms with van der Waals surface area (Å²) in [4.78, 5) is 0. The van der Waals surface area contributed by atoms with Gasteiger partial charge in [0.1, 0.15) is 0 Å². The van der Waals surface area contributed by atoms with Gasteiger partial charge in [-0.25, -0.2) is 0 Å². The molecular weight excluding hydrogens is 212 g/mol. The molecule has 1 saturated carbocycles. The Kier molecular flexibility index (Phi) is 3.04. The molecule has 0 amide bonds. The van der Waals surface area contributed by atoms with Gasteiger partial charge in [0.05, 0.1) is 13.2 Å². The van der Waals surface area contributed by atoms with E-state index < -0.39 is 0 Å². The Labute approximate surface area is 104 Å². The quantitative estimate of drug-likeness (QED) is 0.685. The first-order valence-corrected chi connectivity index (χ1v) is 7.08. The van der Waals surface area contributed by atoms with E-state index in [0.717, 1.165) is 31.0 Å². The minimum absolute atomic E-state index is 0.0827. The first-order chi connectivity index (χ1) is 8.16. The van der Waals surface area contributed by atoms with E-state index in [2.05, 4.69) is 26.8 Å². The highest BCUT2D eigenvalue weighted by Crippen LogP contribution is 2.51. The summed E-state index contributed by atoms with van der Waals surface area (Å²) in [6, 6.07) is 0. The molecule has 4 atom stereocenters. The summed E-state index contributed by atoms with van der Waals surface area (Å²) in [6.45, 7) is 8.61. The van der Waals surface area contributed by atoms with Gasteiger partial charge in [0, 0.05) is 5.92 Å². The zero-order valence-electron chi connectivity index (χ0n) is 11.2. The standard InChI is InChI=1S/C15H24O2/c1-9(2)12-8-13-10(3)6-11(12)7-14(13)15-16-4-5-17-15/h6,9,11-15H,4-5,7-8H2,1-3H3/t11?,12-,13+,14+/m1/s1. The first kappa shape index (κ1) is 11.7. The zero-order chi connectivity index (χ0) is 12.0. The summed E-state index contributed by atoms with van der Waals surface area (Å²) >= 11 is 0. The number of ether oxygens (including phenoxy) is 2. The lowest BCUT2D eigenvalue weighted by atomic mass is 9.58. The van der Waals surface area contributed by atoms with Crippen molar-refractivity contribution in [2.24, 2.45) is 29.6 Å². The van der Waals surface area contributed by atoms with E-state index in [4.69, 9.17) is 9.47 Å². The van der Waals surface area contributed by atoms with Gasteiger partial charge in [-0.1, -0.05) is 25.5 Å². The fourth-order valence-electron chi connectivity index (χ4n) is 4.16. The molecular formula is C15H24O2. The van der Waals surface area contributed by atoms with E-state index >= 15 is 0 Å². The van der Waals surface area contributed by atoms with Gasteiger partial charge >= 0.3 is 0 Å². The second-order valence-corrected chi connectivity index (χ2v) is 6.33. The fourth-order valence-corrected chi connectivity index (χ4v) is 4.16. The highest BCUT2D eigenvalue weighted by atomic mass is 16.7. The molecule has 1 heterocycles. The van der Waals surface area contributed by atoms with Crippen molar-refractivity contribution in [3.05, 3.63) is 11.6 Å². The normalized spacial score (nSPS) is 42.2. The largest absolute Gasteiger partial charge is 0.350 e. The molecule has 4 aliphatic rings. The molecule has 0 radical (unpaired) electrons. The summed E-state index contributed by atoms with van der Waals surface area (Å²) in [6.07, 6.45) is 5.23. The topological polar surface area (TPSA) is 18.5 Å². The Balaban J connectivity index is 1.78. The van der Waals surface area contributed by atoms with E-state index in [1.807, 2.05) is 0 Å². The number of rotatable bonds is 2. The van der Waals surface area contributed by atoms with Crippen LogP contribution >= 0.6 is 0 Å². The maximum Gasteiger partial charge on any atom is 0.161 e. The van der Waals surface area contributed by atoms with Crippen molar-refractivity contribution in [3.63, 3.8) is 0 Å². The monoisotopic (exact) mass is 236 g/mol. The van der Waals surface area contributed by atoms with Crippen molar-refractivity contribution in [3.8, 4) is 0 Å². The average molecular weight is 236 g/mol. The molecule has 96 valence electrons. The highest BCUT2D eigenvalue weighted by Gasteiger charge is 2.46. The van der Waals surface area contributed by atoms with Crippen molar-refractivity contribution in [2.75, 3.05) is 13.2 Å². The predicted octanol–water partition coefficient (Wildman–Crippen LogP) is 3.23. The Hall–Kier alpha value is -0.340. The third kappa shape index (κ3) is 1.96. The van der Waals surface area contributed by atoms with Crippen LogP contribution in [0.25, 0.3) is 0 Å². The van der Waals surface area contributed by atoms with Crippen LogP contribution in [0.2, 0.25) is 0 Å². The summed E-state index contributed by atoms with van der Waals surface area (Å²) in [5.74, 6) is 3.76. The van der Waals surface area contributed by atoms with Crippen molar-refractivity contribution < 1.29 is 9.47 Å². The van der Waals surface area contributed by atoms with Crippen LogP contribution in [-0.2, 0) is 9.47 Å². The van der Waals surface area contributed by atoms with Crippen LogP contribution in [0.5, 0.6) is 0 Å². The Bertz CT molecular complexity index is 315. The molecule has 4 rings (SSSR count). The van der Waals surface area contributed by atoms with Gasteiger partial charge in [-0.15, -0.1) is 0 Å². The molecule has 0 aromatic rings. The third-order valence-corrected chi connectivity index (χ3v) is 5.05. The summed E-state index contributed by atoms with van der Waals surface area (Å²) < 4.78 is 11.5. The molecule has 2 fully saturated rings. The number of hydrogen-bond acceptors (Lipinski definition) is 2. The van der Waals surface area contributed by atoms with Crippen molar-refractivity contribution in [2.45, 2.75) is 39.9 Å². The lowest BCUT2D eigenvalue weighted by molar-refractivity contribution is -0.119. The van der Waals surface area contributed by atoms with E-state index in [-0.39, 0.29) is 6.29 Å². The number of hydrogen-bond donors (Lipinski definition) is 0. The SMILES string of the molecule is CC1=CC2C[C@H](C3OCCO3)[C@H]1C[C@@H]2C(C)C. The van der Waals surface area contributed by atoms with Crippen LogP contribution in [0.15, 0.2) is 11.6 Å². The van der Waals surface area contributed by atoms with Gasteiger partial charge in [-0.2, -0.15) is 0 Å². The molecule has 1 saturated heterocycles. The molecule has 0 N–H and O–H groups in total. The van der Waals surface area contributed by atoms with Gasteiger partial charge < -0.3 is 9.47 Å². The minimum atomic E-state index is 0.0827. The van der Waals surface area contributed by atoms with Gasteiger partial charge in [-0.3, -0.25) is 0 Å². The Morgan fingerprint density at radius 3 is 2.47 bits per heavy atom. The first-order valence-electron chi connectivity index (χ1n) is 7.08. The van der Waals surface area contributed by atoms with Gasteiger partial charge in [0.2, 0.25) is 0 Å². The molecule has 1 unspecified atom stereocenters. The van der Waals surface area contributed by atoms with E-state index in [9.17, 15) is 0 Å². The van der Waals surface area contributed by atoms with Crippen LogP contribution in [0.4, 0.5) is 0 Å². The van der Waals surface area contributed by atoms with Crippen molar-refractivity contribution in [1.29, 1.82) is 0 Å². The number of allylic oxidation sites excluding steroid dienone is 2. The van der Waals surface area contributed by atoms with Crippen molar-refractivity contribution in [1.82, 2.24) is 0 Å². The molecule has 17 heavy (non-hydrogen) atoms. The average Bonchev–Trinajstić information content (AvgIpc) is 2.81. The molecule has 2 bridgehead atoms. The summed E-state index contributed by atoms with van der Waals surface area (Å²) in [5, 5.41) is 0. The van der Waals surface area contributed by atoms with Crippen LogP contribution < -0.4 is 0 Å². The highest BCUT2D eigenvalue weighted by molar-refractivity contribution is 5.18. The van der Waals surface area contributed by atoms with E-state index in [0.29, 0.717) is 11.8 Å². The molecule has 0 aromatic heterocycles. The van der Waals surface area contributed by atoms with Crippen LogP contribution in [0.1, 0.15) is 33.6 Å². The number of fused-ring (bicyclic) bond motifs is 2. The molecule has 2 heteroatoms. The van der Waals surface area contributed by atoms with Gasteiger partial charge in [0.25, 0.3) is 0 Å². The maximum absolute atomic E-state index is 5.74. The molecule has 1 aliphatic heterocycles. The second kappa shape index (κ2) is 4.40. The zero-order valence-corrected chi connectivity index (χ0v) is 11.2. The predicted molar refractivity (Wildman–Crippen MR) is 67.5 cm³/mol. The fraction of sp³-hybridized carbons (Fsp3) is 0.867. The lowest BCUT2D eigenvalue weighted by Crippen LogP contribution is -2.43.